The molecule has 5 heteroatoms. The predicted molar refractivity (Wildman–Crippen MR) is 71.5 cm³/mol. The first-order valence-corrected chi connectivity index (χ1v) is 8.41. The highest BCUT2D eigenvalue weighted by Gasteiger charge is 2.26. The molecule has 0 aliphatic heterocycles. The molecule has 1 rings (SSSR count). The number of sulfonamides is 1. The Bertz CT molecular complexity index is 300. The monoisotopic (exact) mass is 262 g/mol. The third-order valence-corrected chi connectivity index (χ3v) is 5.05. The Morgan fingerprint density at radius 2 is 2.00 bits per heavy atom. The highest BCUT2D eigenvalue weighted by atomic mass is 32.2. The number of unbranched alkanes of at least 4 members (excludes halogenated alkanes) is 1. The minimum absolute atomic E-state index is 0.113. The Kier molecular flexibility index (Phi) is 6.44. The summed E-state index contributed by atoms with van der Waals surface area (Å²) in [5.41, 5.74) is 0. The van der Waals surface area contributed by atoms with Crippen LogP contribution in [0.25, 0.3) is 0 Å². The van der Waals surface area contributed by atoms with Gasteiger partial charge >= 0.3 is 0 Å². The zero-order valence-electron chi connectivity index (χ0n) is 11.0. The van der Waals surface area contributed by atoms with Gasteiger partial charge in [0.25, 0.3) is 0 Å². The van der Waals surface area contributed by atoms with Crippen molar-refractivity contribution in [1.29, 1.82) is 0 Å². The van der Waals surface area contributed by atoms with Crippen LogP contribution in [0.3, 0.4) is 0 Å². The Labute approximate surface area is 106 Å². The summed E-state index contributed by atoms with van der Waals surface area (Å²) in [7, 11) is -3.07. The second kappa shape index (κ2) is 7.34. The Balaban J connectivity index is 2.16. The van der Waals surface area contributed by atoms with E-state index in [2.05, 4.69) is 17.0 Å². The molecule has 1 aliphatic carbocycles. The van der Waals surface area contributed by atoms with E-state index in [0.29, 0.717) is 5.92 Å². The van der Waals surface area contributed by atoms with Crippen LogP contribution in [0.15, 0.2) is 0 Å². The van der Waals surface area contributed by atoms with Gasteiger partial charge in [-0.15, -0.1) is 0 Å². The van der Waals surface area contributed by atoms with E-state index < -0.39 is 10.0 Å². The number of hydrogen-bond acceptors (Lipinski definition) is 3. The lowest BCUT2D eigenvalue weighted by Crippen LogP contribution is -2.41. The molecule has 2 N–H and O–H groups in total. The summed E-state index contributed by atoms with van der Waals surface area (Å²) in [5.74, 6) is 0.821. The van der Waals surface area contributed by atoms with Crippen molar-refractivity contribution in [3.8, 4) is 0 Å². The summed E-state index contributed by atoms with van der Waals surface area (Å²) < 4.78 is 26.4. The van der Waals surface area contributed by atoms with Gasteiger partial charge in [0.15, 0.2) is 0 Å². The highest BCUT2D eigenvalue weighted by Crippen LogP contribution is 2.29. The molecule has 0 amide bonds. The van der Waals surface area contributed by atoms with Gasteiger partial charge in [0.2, 0.25) is 10.0 Å². The van der Waals surface area contributed by atoms with Crippen molar-refractivity contribution >= 4 is 10.0 Å². The van der Waals surface area contributed by atoms with E-state index in [1.165, 1.54) is 19.3 Å². The van der Waals surface area contributed by atoms with Gasteiger partial charge in [-0.3, -0.25) is 0 Å². The Morgan fingerprint density at radius 1 is 1.29 bits per heavy atom. The predicted octanol–water partition coefficient (Wildman–Crippen LogP) is 1.48. The summed E-state index contributed by atoms with van der Waals surface area (Å²) in [6.07, 6.45) is 5.25. The van der Waals surface area contributed by atoms with Gasteiger partial charge in [-0.25, -0.2) is 13.1 Å². The van der Waals surface area contributed by atoms with Gasteiger partial charge in [0.05, 0.1) is 5.75 Å². The van der Waals surface area contributed by atoms with Crippen molar-refractivity contribution in [3.05, 3.63) is 0 Å². The lowest BCUT2D eigenvalue weighted by atomic mass is 9.81. The molecular formula is C12H26N2O2S. The fraction of sp³-hybridized carbons (Fsp3) is 1.00. The van der Waals surface area contributed by atoms with Crippen LogP contribution < -0.4 is 10.0 Å². The van der Waals surface area contributed by atoms with Crippen molar-refractivity contribution in [2.45, 2.75) is 52.0 Å². The second-order valence-electron chi connectivity index (χ2n) is 4.98. The first-order chi connectivity index (χ1) is 8.05. The van der Waals surface area contributed by atoms with Gasteiger partial charge in [-0.1, -0.05) is 13.3 Å². The van der Waals surface area contributed by atoms with Crippen LogP contribution >= 0.6 is 0 Å². The van der Waals surface area contributed by atoms with Crippen molar-refractivity contribution < 1.29 is 8.42 Å². The van der Waals surface area contributed by atoms with Crippen LogP contribution in [-0.4, -0.2) is 33.3 Å². The van der Waals surface area contributed by atoms with E-state index >= 15 is 0 Å². The third kappa shape index (κ3) is 5.84. The molecule has 0 saturated heterocycles. The van der Waals surface area contributed by atoms with Crippen molar-refractivity contribution in [3.63, 3.8) is 0 Å². The van der Waals surface area contributed by atoms with E-state index in [1.54, 1.807) is 0 Å². The summed E-state index contributed by atoms with van der Waals surface area (Å²) in [6, 6.07) is 0.113. The van der Waals surface area contributed by atoms with Crippen LogP contribution in [0.1, 0.15) is 46.0 Å². The Morgan fingerprint density at radius 3 is 2.53 bits per heavy atom. The van der Waals surface area contributed by atoms with Gasteiger partial charge in [-0.05, 0) is 51.6 Å². The minimum Gasteiger partial charge on any atom is -0.317 e. The third-order valence-electron chi connectivity index (χ3n) is 3.49. The standard InChI is InChI=1S/C12H26N2O2S/c1-3-13-9-4-5-10-17(15,16)14-11(2)12-7-6-8-12/h11-14H,3-10H2,1-2H3. The normalized spacial score (nSPS) is 18.9. The molecule has 102 valence electrons. The smallest absolute Gasteiger partial charge is 0.211 e. The minimum atomic E-state index is -3.07. The molecular weight excluding hydrogens is 236 g/mol. The molecule has 1 atom stereocenters. The zero-order valence-corrected chi connectivity index (χ0v) is 11.9. The van der Waals surface area contributed by atoms with Gasteiger partial charge in [0.1, 0.15) is 0 Å². The molecule has 0 heterocycles. The molecule has 1 aliphatic rings. The molecule has 1 saturated carbocycles. The summed E-state index contributed by atoms with van der Waals surface area (Å²) in [6.45, 7) is 5.90. The van der Waals surface area contributed by atoms with E-state index in [-0.39, 0.29) is 11.8 Å². The van der Waals surface area contributed by atoms with Crippen molar-refractivity contribution in [1.82, 2.24) is 10.0 Å². The topological polar surface area (TPSA) is 58.2 Å². The van der Waals surface area contributed by atoms with Gasteiger partial charge in [-0.2, -0.15) is 0 Å². The van der Waals surface area contributed by atoms with Gasteiger partial charge in [0, 0.05) is 6.04 Å². The maximum Gasteiger partial charge on any atom is 0.211 e. The highest BCUT2D eigenvalue weighted by molar-refractivity contribution is 7.89. The fourth-order valence-electron chi connectivity index (χ4n) is 2.10. The quantitative estimate of drug-likeness (QED) is 0.619. The molecule has 0 spiro atoms. The molecule has 1 unspecified atom stereocenters. The van der Waals surface area contributed by atoms with E-state index in [0.717, 1.165) is 25.9 Å². The van der Waals surface area contributed by atoms with E-state index in [1.807, 2.05) is 6.92 Å². The number of hydrogen-bond donors (Lipinski definition) is 2. The first-order valence-electron chi connectivity index (χ1n) is 6.76. The SMILES string of the molecule is CCNCCCCS(=O)(=O)NC(C)C1CCC1. The van der Waals surface area contributed by atoms with Crippen LogP contribution in [0, 0.1) is 5.92 Å². The van der Waals surface area contributed by atoms with Crippen LogP contribution in [0.2, 0.25) is 0 Å². The second-order valence-corrected chi connectivity index (χ2v) is 6.85. The Hall–Kier alpha value is -0.130. The van der Waals surface area contributed by atoms with Crippen LogP contribution in [0.4, 0.5) is 0 Å². The molecule has 0 aromatic rings. The maximum atomic E-state index is 11.8. The number of rotatable bonds is 9. The average Bonchev–Trinajstić information content (AvgIpc) is 2.13. The maximum absolute atomic E-state index is 11.8. The zero-order chi connectivity index (χ0) is 12.7. The molecule has 1 fully saturated rings. The van der Waals surface area contributed by atoms with E-state index in [9.17, 15) is 8.42 Å². The van der Waals surface area contributed by atoms with E-state index in [4.69, 9.17) is 0 Å². The average molecular weight is 262 g/mol. The lowest BCUT2D eigenvalue weighted by Gasteiger charge is -2.31. The van der Waals surface area contributed by atoms with Crippen molar-refractivity contribution in [2.24, 2.45) is 5.92 Å². The summed E-state index contributed by atoms with van der Waals surface area (Å²) in [4.78, 5) is 0. The molecule has 17 heavy (non-hydrogen) atoms. The first kappa shape index (κ1) is 14.9. The van der Waals surface area contributed by atoms with Crippen LogP contribution in [0.5, 0.6) is 0 Å². The molecule has 0 aromatic heterocycles. The summed E-state index contributed by atoms with van der Waals surface area (Å²) >= 11 is 0. The lowest BCUT2D eigenvalue weighted by molar-refractivity contribution is 0.260. The van der Waals surface area contributed by atoms with Gasteiger partial charge < -0.3 is 5.32 Å². The summed E-state index contributed by atoms with van der Waals surface area (Å²) in [5, 5.41) is 3.20. The molecule has 0 aromatic carbocycles. The molecule has 0 radical (unpaired) electrons. The molecule has 4 nitrogen and oxygen atoms in total. The fourth-order valence-corrected chi connectivity index (χ4v) is 3.56. The van der Waals surface area contributed by atoms with Crippen LogP contribution in [-0.2, 0) is 10.0 Å². The number of nitrogens with one attached hydrogen (secondary N) is 2. The molecule has 0 bridgehead atoms. The largest absolute Gasteiger partial charge is 0.317 e. The van der Waals surface area contributed by atoms with Crippen molar-refractivity contribution in [2.75, 3.05) is 18.8 Å².